The SMILES string of the molecule is CCCCCCCCCCCCc1ccc(CN2CCC[C@@H]2CO)c(C)c1. The number of aliphatic hydroxyl groups excluding tert-OH is 1. The third-order valence-electron chi connectivity index (χ3n) is 6.31. The molecule has 1 fully saturated rings. The first-order valence-electron chi connectivity index (χ1n) is 11.7. The molecule has 154 valence electrons. The van der Waals surface area contributed by atoms with Crippen LogP contribution < -0.4 is 0 Å². The topological polar surface area (TPSA) is 23.5 Å². The first kappa shape index (κ1) is 22.4. The molecule has 2 rings (SSSR count). The molecule has 27 heavy (non-hydrogen) atoms. The first-order chi connectivity index (χ1) is 13.2. The van der Waals surface area contributed by atoms with E-state index in [1.807, 2.05) is 0 Å². The van der Waals surface area contributed by atoms with E-state index < -0.39 is 0 Å². The van der Waals surface area contributed by atoms with E-state index in [1.165, 1.54) is 93.7 Å². The molecule has 2 nitrogen and oxygen atoms in total. The Bertz CT molecular complexity index is 513. The fraction of sp³-hybridized carbons (Fsp3) is 0.760. The summed E-state index contributed by atoms with van der Waals surface area (Å²) >= 11 is 0. The number of hydrogen-bond donors (Lipinski definition) is 1. The highest BCUT2D eigenvalue weighted by Gasteiger charge is 2.23. The summed E-state index contributed by atoms with van der Waals surface area (Å²) < 4.78 is 0. The van der Waals surface area contributed by atoms with Crippen molar-refractivity contribution in [3.63, 3.8) is 0 Å². The first-order valence-corrected chi connectivity index (χ1v) is 11.7. The van der Waals surface area contributed by atoms with E-state index in [4.69, 9.17) is 0 Å². The lowest BCUT2D eigenvalue weighted by molar-refractivity contribution is 0.153. The van der Waals surface area contributed by atoms with Crippen LogP contribution in [0.4, 0.5) is 0 Å². The summed E-state index contributed by atoms with van der Waals surface area (Å²) in [6.07, 6.45) is 17.6. The number of rotatable bonds is 14. The van der Waals surface area contributed by atoms with Crippen molar-refractivity contribution >= 4 is 0 Å². The van der Waals surface area contributed by atoms with Crippen LogP contribution in [0, 0.1) is 6.92 Å². The standard InChI is InChI=1S/C25H43NO/c1-3-4-5-6-7-8-9-10-11-12-14-23-16-17-24(22(2)19-23)20-26-18-13-15-25(26)21-27/h16-17,19,25,27H,3-15,18,20-21H2,1-2H3/t25-/m1/s1. The summed E-state index contributed by atoms with van der Waals surface area (Å²) in [5, 5.41) is 9.51. The Morgan fingerprint density at radius 3 is 2.26 bits per heavy atom. The van der Waals surface area contributed by atoms with E-state index in [1.54, 1.807) is 0 Å². The summed E-state index contributed by atoms with van der Waals surface area (Å²) in [5.74, 6) is 0. The van der Waals surface area contributed by atoms with Gasteiger partial charge < -0.3 is 5.11 Å². The van der Waals surface area contributed by atoms with E-state index in [0.29, 0.717) is 12.6 Å². The van der Waals surface area contributed by atoms with Crippen LogP contribution in [0.2, 0.25) is 0 Å². The van der Waals surface area contributed by atoms with Crippen molar-refractivity contribution in [3.05, 3.63) is 34.9 Å². The maximum absolute atomic E-state index is 9.51. The molecule has 1 aromatic carbocycles. The molecule has 1 aliphatic heterocycles. The zero-order valence-corrected chi connectivity index (χ0v) is 18.0. The van der Waals surface area contributed by atoms with Gasteiger partial charge in [-0.05, 0) is 55.8 Å². The fourth-order valence-electron chi connectivity index (χ4n) is 4.44. The van der Waals surface area contributed by atoms with Crippen molar-refractivity contribution in [2.75, 3.05) is 13.2 Å². The van der Waals surface area contributed by atoms with Crippen LogP contribution in [0.25, 0.3) is 0 Å². The number of aryl methyl sites for hydroxylation is 2. The molecule has 0 amide bonds. The molecular formula is C25H43NO. The molecule has 1 heterocycles. The maximum atomic E-state index is 9.51. The number of hydrogen-bond acceptors (Lipinski definition) is 2. The Morgan fingerprint density at radius 2 is 1.63 bits per heavy atom. The van der Waals surface area contributed by atoms with Crippen LogP contribution in [0.3, 0.4) is 0 Å². The predicted molar refractivity (Wildman–Crippen MR) is 117 cm³/mol. The molecule has 1 saturated heterocycles. The van der Waals surface area contributed by atoms with E-state index in [2.05, 4.69) is 36.9 Å². The number of unbranched alkanes of at least 4 members (excludes halogenated alkanes) is 9. The molecule has 0 unspecified atom stereocenters. The van der Waals surface area contributed by atoms with Crippen LogP contribution in [0.15, 0.2) is 18.2 Å². The lowest BCUT2D eigenvalue weighted by Gasteiger charge is -2.23. The van der Waals surface area contributed by atoms with E-state index in [-0.39, 0.29) is 0 Å². The van der Waals surface area contributed by atoms with Gasteiger partial charge in [0.15, 0.2) is 0 Å². The minimum absolute atomic E-state index is 0.301. The Balaban J connectivity index is 1.60. The highest BCUT2D eigenvalue weighted by molar-refractivity contribution is 5.31. The molecule has 0 aliphatic carbocycles. The lowest BCUT2D eigenvalue weighted by atomic mass is 9.99. The van der Waals surface area contributed by atoms with Gasteiger partial charge in [0.2, 0.25) is 0 Å². The molecule has 0 saturated carbocycles. The van der Waals surface area contributed by atoms with E-state index >= 15 is 0 Å². The Kier molecular flexibility index (Phi) is 11.1. The van der Waals surface area contributed by atoms with Crippen molar-refractivity contribution in [2.24, 2.45) is 0 Å². The van der Waals surface area contributed by atoms with Gasteiger partial charge in [-0.2, -0.15) is 0 Å². The summed E-state index contributed by atoms with van der Waals surface area (Å²) in [5.41, 5.74) is 4.35. The molecule has 0 aromatic heterocycles. The Hall–Kier alpha value is -0.860. The third kappa shape index (κ3) is 8.35. The lowest BCUT2D eigenvalue weighted by Crippen LogP contribution is -2.31. The highest BCUT2D eigenvalue weighted by Crippen LogP contribution is 2.22. The fourth-order valence-corrected chi connectivity index (χ4v) is 4.44. The average molecular weight is 374 g/mol. The highest BCUT2D eigenvalue weighted by atomic mass is 16.3. The Morgan fingerprint density at radius 1 is 0.963 bits per heavy atom. The molecule has 1 N–H and O–H groups in total. The van der Waals surface area contributed by atoms with Gasteiger partial charge in [-0.15, -0.1) is 0 Å². The van der Waals surface area contributed by atoms with Crippen LogP contribution in [0.1, 0.15) is 101 Å². The summed E-state index contributed by atoms with van der Waals surface area (Å²) in [4.78, 5) is 2.45. The zero-order valence-electron chi connectivity index (χ0n) is 18.0. The van der Waals surface area contributed by atoms with Crippen molar-refractivity contribution < 1.29 is 5.11 Å². The van der Waals surface area contributed by atoms with E-state index in [0.717, 1.165) is 19.5 Å². The average Bonchev–Trinajstić information content (AvgIpc) is 3.12. The predicted octanol–water partition coefficient (Wildman–Crippen LogP) is 6.42. The third-order valence-corrected chi connectivity index (χ3v) is 6.31. The molecule has 2 heteroatoms. The largest absolute Gasteiger partial charge is 0.395 e. The van der Waals surface area contributed by atoms with Gasteiger partial charge in [0.25, 0.3) is 0 Å². The summed E-state index contributed by atoms with van der Waals surface area (Å²) in [6.45, 7) is 6.97. The second-order valence-electron chi connectivity index (χ2n) is 8.64. The smallest absolute Gasteiger partial charge is 0.0587 e. The van der Waals surface area contributed by atoms with Crippen molar-refractivity contribution in [1.29, 1.82) is 0 Å². The zero-order chi connectivity index (χ0) is 19.3. The monoisotopic (exact) mass is 373 g/mol. The van der Waals surface area contributed by atoms with Gasteiger partial charge >= 0.3 is 0 Å². The molecule has 0 bridgehead atoms. The number of benzene rings is 1. The van der Waals surface area contributed by atoms with Gasteiger partial charge in [0.05, 0.1) is 6.61 Å². The van der Waals surface area contributed by atoms with Crippen LogP contribution in [0.5, 0.6) is 0 Å². The van der Waals surface area contributed by atoms with Crippen LogP contribution in [-0.2, 0) is 13.0 Å². The molecule has 0 radical (unpaired) electrons. The number of aliphatic hydroxyl groups is 1. The summed E-state index contributed by atoms with van der Waals surface area (Å²) in [7, 11) is 0. The van der Waals surface area contributed by atoms with Crippen molar-refractivity contribution in [2.45, 2.75) is 110 Å². The molecular weight excluding hydrogens is 330 g/mol. The molecule has 1 atom stereocenters. The normalized spacial score (nSPS) is 17.7. The van der Waals surface area contributed by atoms with Gasteiger partial charge in [-0.25, -0.2) is 0 Å². The van der Waals surface area contributed by atoms with E-state index in [9.17, 15) is 5.11 Å². The second kappa shape index (κ2) is 13.3. The van der Waals surface area contributed by atoms with Gasteiger partial charge in [0.1, 0.15) is 0 Å². The number of likely N-dealkylation sites (tertiary alicyclic amines) is 1. The maximum Gasteiger partial charge on any atom is 0.0587 e. The molecule has 1 aromatic rings. The van der Waals surface area contributed by atoms with Crippen molar-refractivity contribution in [3.8, 4) is 0 Å². The second-order valence-corrected chi connectivity index (χ2v) is 8.64. The number of nitrogens with zero attached hydrogens (tertiary/aromatic N) is 1. The quantitative estimate of drug-likeness (QED) is 0.381. The minimum atomic E-state index is 0.301. The van der Waals surface area contributed by atoms with Gasteiger partial charge in [0, 0.05) is 12.6 Å². The van der Waals surface area contributed by atoms with Crippen molar-refractivity contribution in [1.82, 2.24) is 4.90 Å². The van der Waals surface area contributed by atoms with Gasteiger partial charge in [-0.1, -0.05) is 82.9 Å². The minimum Gasteiger partial charge on any atom is -0.395 e. The Labute approximate surface area is 168 Å². The van der Waals surface area contributed by atoms with Crippen LogP contribution >= 0.6 is 0 Å². The molecule has 1 aliphatic rings. The van der Waals surface area contributed by atoms with Crippen LogP contribution in [-0.4, -0.2) is 29.2 Å². The molecule has 0 spiro atoms. The summed E-state index contributed by atoms with van der Waals surface area (Å²) in [6, 6.07) is 7.43. The van der Waals surface area contributed by atoms with Gasteiger partial charge in [-0.3, -0.25) is 4.90 Å².